The number of pyridine rings is 1. The number of anilines is 4. The molecule has 0 unspecified atom stereocenters. The summed E-state index contributed by atoms with van der Waals surface area (Å²) in [6.45, 7) is 8.80. The second-order valence-electron chi connectivity index (χ2n) is 13.4. The molecule has 8 aromatic rings. The van der Waals surface area contributed by atoms with Gasteiger partial charge in [-0.15, -0.1) is 48.1 Å². The number of ether oxygens (including phenoxy) is 1. The van der Waals surface area contributed by atoms with Crippen LogP contribution in [0.3, 0.4) is 0 Å². The topological polar surface area (TPSA) is 33.5 Å². The number of hydrogen-bond acceptors (Lipinski definition) is 4. The zero-order valence-electron chi connectivity index (χ0n) is 27.9. The van der Waals surface area contributed by atoms with Crippen molar-refractivity contribution in [3.63, 3.8) is 0 Å². The van der Waals surface area contributed by atoms with Gasteiger partial charge in [-0.1, -0.05) is 93.0 Å². The first-order valence-electron chi connectivity index (χ1n) is 16.6. The maximum atomic E-state index is 6.51. The average molecular weight is 829 g/mol. The number of rotatable bonds is 5. The smallest absolute Gasteiger partial charge is 0.135 e. The monoisotopic (exact) mass is 828 g/mol. The molecule has 9 rings (SSSR count). The van der Waals surface area contributed by atoms with Crippen LogP contribution in [0.5, 0.6) is 11.5 Å². The van der Waals surface area contributed by atoms with Crippen molar-refractivity contribution in [2.24, 2.45) is 0 Å². The summed E-state index contributed by atoms with van der Waals surface area (Å²) in [5.74, 6) is 2.08. The van der Waals surface area contributed by atoms with Crippen molar-refractivity contribution in [3.05, 3.63) is 164 Å². The molecule has 1 aliphatic rings. The molecule has 0 aliphatic carbocycles. The number of para-hydroxylation sites is 3. The number of benzene rings is 6. The van der Waals surface area contributed by atoms with Gasteiger partial charge in [0.05, 0.1) is 0 Å². The zero-order chi connectivity index (χ0) is 33.1. The predicted octanol–water partition coefficient (Wildman–Crippen LogP) is 11.4. The molecule has 248 valence electrons. The number of nitrogens with zero attached hydrogens (tertiary/aromatic N) is 4. The van der Waals surface area contributed by atoms with Crippen LogP contribution in [0.25, 0.3) is 38.4 Å². The van der Waals surface area contributed by atoms with E-state index in [-0.39, 0.29) is 26.5 Å². The summed E-state index contributed by atoms with van der Waals surface area (Å²) in [5.41, 5.74) is 7.40. The van der Waals surface area contributed by atoms with E-state index in [1.165, 1.54) is 16.3 Å². The molecule has 5 nitrogen and oxygen atoms in total. The van der Waals surface area contributed by atoms with Crippen molar-refractivity contribution in [2.45, 2.75) is 26.2 Å². The minimum absolute atomic E-state index is 0. The van der Waals surface area contributed by atoms with Crippen molar-refractivity contribution in [1.29, 1.82) is 0 Å². The molecule has 6 heteroatoms. The molecule has 0 saturated carbocycles. The minimum Gasteiger partial charge on any atom is -0.509 e. The van der Waals surface area contributed by atoms with Gasteiger partial charge in [0.15, 0.2) is 0 Å². The number of fused-ring (bicyclic) bond motifs is 5. The van der Waals surface area contributed by atoms with Gasteiger partial charge < -0.3 is 19.1 Å². The molecule has 1 aliphatic heterocycles. The molecule has 0 N–H and O–H groups in total. The van der Waals surface area contributed by atoms with Crippen LogP contribution in [0, 0.1) is 18.8 Å². The fraction of sp³-hybridized carbons (Fsp3) is 0.0909. The molecule has 0 bridgehead atoms. The molecule has 3 heterocycles. The first kappa shape index (κ1) is 31.9. The third-order valence-electron chi connectivity index (χ3n) is 9.29. The van der Waals surface area contributed by atoms with Crippen molar-refractivity contribution in [2.75, 3.05) is 9.80 Å². The summed E-state index contributed by atoms with van der Waals surface area (Å²) in [6.07, 6.45) is 1.90. The van der Waals surface area contributed by atoms with Crippen LogP contribution in [0.1, 0.15) is 26.3 Å². The van der Waals surface area contributed by atoms with Crippen LogP contribution in [0.15, 0.2) is 140 Å². The molecule has 0 saturated heterocycles. The summed E-state index contributed by atoms with van der Waals surface area (Å²) in [6, 6.07) is 53.3. The molecular weight excluding hydrogens is 796 g/mol. The second-order valence-corrected chi connectivity index (χ2v) is 13.4. The largest absolute Gasteiger partial charge is 0.509 e. The van der Waals surface area contributed by atoms with Gasteiger partial charge in [-0.05, 0) is 58.1 Å². The van der Waals surface area contributed by atoms with E-state index in [1.807, 2.05) is 24.4 Å². The Morgan fingerprint density at radius 1 is 0.620 bits per heavy atom. The second kappa shape index (κ2) is 12.5. The molecule has 6 aromatic carbocycles. The molecular formula is C44H33N4OPt-3. The van der Waals surface area contributed by atoms with Crippen LogP contribution in [-0.2, 0) is 26.5 Å². The Morgan fingerprint density at radius 2 is 1.30 bits per heavy atom. The summed E-state index contributed by atoms with van der Waals surface area (Å²) in [7, 11) is 0. The maximum absolute atomic E-state index is 6.51. The first-order valence-corrected chi connectivity index (χ1v) is 16.6. The van der Waals surface area contributed by atoms with Crippen LogP contribution in [0.4, 0.5) is 22.7 Å². The van der Waals surface area contributed by atoms with Crippen LogP contribution < -0.4 is 14.5 Å². The normalized spacial score (nSPS) is 12.8. The van der Waals surface area contributed by atoms with E-state index >= 15 is 0 Å². The predicted molar refractivity (Wildman–Crippen MR) is 200 cm³/mol. The van der Waals surface area contributed by atoms with Crippen molar-refractivity contribution >= 4 is 55.3 Å². The Kier molecular flexibility index (Phi) is 7.96. The summed E-state index contributed by atoms with van der Waals surface area (Å²) >= 11 is 0. The van der Waals surface area contributed by atoms with Crippen molar-refractivity contribution in [1.82, 2.24) is 9.55 Å². The quantitative estimate of drug-likeness (QED) is 0.162. The molecule has 0 radical (unpaired) electrons. The van der Waals surface area contributed by atoms with E-state index in [1.54, 1.807) is 0 Å². The molecule has 50 heavy (non-hydrogen) atoms. The summed E-state index contributed by atoms with van der Waals surface area (Å²) in [5, 5.41) is 4.65. The summed E-state index contributed by atoms with van der Waals surface area (Å²) < 4.78 is 8.70. The maximum Gasteiger partial charge on any atom is 0.135 e. The third kappa shape index (κ3) is 5.43. The summed E-state index contributed by atoms with van der Waals surface area (Å²) in [4.78, 5) is 9.23. The van der Waals surface area contributed by atoms with E-state index in [4.69, 9.17) is 9.72 Å². The van der Waals surface area contributed by atoms with Gasteiger partial charge in [-0.3, -0.25) is 0 Å². The van der Waals surface area contributed by atoms with Crippen LogP contribution in [-0.4, -0.2) is 9.55 Å². The van der Waals surface area contributed by atoms with E-state index < -0.39 is 0 Å². The fourth-order valence-corrected chi connectivity index (χ4v) is 6.85. The molecule has 0 spiro atoms. The van der Waals surface area contributed by atoms with Gasteiger partial charge in [0.1, 0.15) is 5.82 Å². The van der Waals surface area contributed by atoms with Gasteiger partial charge in [0.25, 0.3) is 0 Å². The molecule has 0 fully saturated rings. The first-order chi connectivity index (χ1) is 23.9. The van der Waals surface area contributed by atoms with Gasteiger partial charge in [-0.25, -0.2) is 4.98 Å². The Morgan fingerprint density at radius 3 is 2.14 bits per heavy atom. The minimum atomic E-state index is -0.00547. The van der Waals surface area contributed by atoms with Gasteiger partial charge >= 0.3 is 0 Å². The average Bonchev–Trinajstić information content (AvgIpc) is 3.67. The Balaban J connectivity index is 0.00000361. The molecule has 0 amide bonds. The van der Waals surface area contributed by atoms with Crippen LogP contribution >= 0.6 is 0 Å². The van der Waals surface area contributed by atoms with E-state index in [9.17, 15) is 0 Å². The number of aromatic nitrogens is 2. The third-order valence-corrected chi connectivity index (χ3v) is 9.29. The molecule has 2 aromatic heterocycles. The Bertz CT molecular complexity index is 2530. The van der Waals surface area contributed by atoms with Crippen molar-refractivity contribution < 1.29 is 25.8 Å². The zero-order valence-corrected chi connectivity index (χ0v) is 30.1. The van der Waals surface area contributed by atoms with E-state index in [2.05, 4.69) is 169 Å². The van der Waals surface area contributed by atoms with Crippen molar-refractivity contribution in [3.8, 4) is 17.3 Å². The van der Waals surface area contributed by atoms with Gasteiger partial charge in [-0.2, -0.15) is 12.1 Å². The standard InChI is InChI=1S/C44H33N4O.Pt/c1-44(2,3)31-24-25-45-43(26-31)48-39-18-7-6-17-36(39)37-23-22-34(28-42(37)48)49-33-15-11-14-32(27-33)46-29-47(41-20-9-8-19-40(41)46)38-21-10-13-30-12-4-5-16-35(30)38;/h4-26,29H,1-3H3;/q-3;. The Hall–Kier alpha value is -5.38. The SMILES string of the molecule is CC(C)(C)c1ccnc(-n2c3[c-]c(Oc4[c-]c(N5[CH-]N(c6cccc7ccccc67)c6ccccc65)ccc4)ccc3c3ccccc32)c1.[Pt]. The van der Waals surface area contributed by atoms with Crippen LogP contribution in [0.2, 0.25) is 0 Å². The molecule has 0 atom stereocenters. The van der Waals surface area contributed by atoms with Gasteiger partial charge in [0.2, 0.25) is 0 Å². The van der Waals surface area contributed by atoms with E-state index in [0.29, 0.717) is 11.5 Å². The number of hydrogen-bond donors (Lipinski definition) is 0. The van der Waals surface area contributed by atoms with Gasteiger partial charge in [0, 0.05) is 66.7 Å². The fourth-order valence-electron chi connectivity index (χ4n) is 6.85. The Labute approximate surface area is 306 Å². The van der Waals surface area contributed by atoms with E-state index in [0.717, 1.165) is 50.4 Å².